The summed E-state index contributed by atoms with van der Waals surface area (Å²) in [6.45, 7) is 1.82. The van der Waals surface area contributed by atoms with Gasteiger partial charge in [-0.3, -0.25) is 4.79 Å². The second-order valence-electron chi connectivity index (χ2n) is 4.54. The van der Waals surface area contributed by atoms with E-state index in [4.69, 9.17) is 11.6 Å². The van der Waals surface area contributed by atoms with Crippen molar-refractivity contribution in [3.8, 4) is 0 Å². The van der Waals surface area contributed by atoms with E-state index in [1.165, 1.54) is 37.0 Å². The molecule has 94 valence electrons. The van der Waals surface area contributed by atoms with Gasteiger partial charge in [0, 0.05) is 6.04 Å². The summed E-state index contributed by atoms with van der Waals surface area (Å²) in [6, 6.07) is 0.324. The lowest BCUT2D eigenvalue weighted by atomic mass is 10.1. The number of hydrogen-bond donors (Lipinski definition) is 1. The summed E-state index contributed by atoms with van der Waals surface area (Å²) in [6.07, 6.45) is 7.20. The Labute approximate surface area is 111 Å². The molecule has 0 radical (unpaired) electrons. The van der Waals surface area contributed by atoms with Crippen LogP contribution in [0, 0.1) is 6.92 Å². The number of nitrogens with zero attached hydrogens (tertiary/aromatic N) is 1. The zero-order valence-electron chi connectivity index (χ0n) is 9.96. The number of thiazole rings is 1. The molecule has 5 heteroatoms. The van der Waals surface area contributed by atoms with Crippen LogP contribution in [0.1, 0.15) is 53.9 Å². The van der Waals surface area contributed by atoms with Crippen LogP contribution in [0.15, 0.2) is 0 Å². The van der Waals surface area contributed by atoms with Crippen LogP contribution in [0.25, 0.3) is 0 Å². The van der Waals surface area contributed by atoms with E-state index in [1.807, 2.05) is 6.92 Å². The molecule has 1 fully saturated rings. The molecule has 0 bridgehead atoms. The minimum absolute atomic E-state index is 0.0150. The first-order chi connectivity index (χ1) is 8.16. The lowest BCUT2D eigenvalue weighted by molar-refractivity contribution is 0.0936. The topological polar surface area (TPSA) is 42.0 Å². The van der Waals surface area contributed by atoms with Crippen LogP contribution in [0.4, 0.5) is 0 Å². The molecule has 1 N–H and O–H groups in total. The Morgan fingerprint density at radius 1 is 1.35 bits per heavy atom. The van der Waals surface area contributed by atoms with Crippen molar-refractivity contribution in [3.05, 3.63) is 15.0 Å². The van der Waals surface area contributed by atoms with Crippen LogP contribution in [-0.2, 0) is 0 Å². The van der Waals surface area contributed by atoms with E-state index in [0.29, 0.717) is 15.4 Å². The van der Waals surface area contributed by atoms with Gasteiger partial charge in [-0.15, -0.1) is 0 Å². The first-order valence-electron chi connectivity index (χ1n) is 6.10. The number of amides is 1. The number of aryl methyl sites for hydroxylation is 1. The normalized spacial score (nSPS) is 17.8. The number of aromatic nitrogens is 1. The van der Waals surface area contributed by atoms with E-state index in [-0.39, 0.29) is 5.91 Å². The Hall–Kier alpha value is -0.610. The fourth-order valence-electron chi connectivity index (χ4n) is 2.25. The molecule has 1 aromatic heterocycles. The fourth-order valence-corrected chi connectivity index (χ4v) is 3.30. The quantitative estimate of drug-likeness (QED) is 0.837. The van der Waals surface area contributed by atoms with E-state index in [9.17, 15) is 4.79 Å². The van der Waals surface area contributed by atoms with Crippen molar-refractivity contribution in [1.29, 1.82) is 0 Å². The highest BCUT2D eigenvalue weighted by Gasteiger charge is 2.19. The van der Waals surface area contributed by atoms with Crippen molar-refractivity contribution in [2.24, 2.45) is 0 Å². The molecule has 0 aliphatic heterocycles. The van der Waals surface area contributed by atoms with Crippen molar-refractivity contribution in [2.45, 2.75) is 51.5 Å². The average molecular weight is 273 g/mol. The monoisotopic (exact) mass is 272 g/mol. The van der Waals surface area contributed by atoms with Gasteiger partial charge in [0.05, 0.1) is 5.69 Å². The molecule has 3 nitrogen and oxygen atoms in total. The molecule has 0 unspecified atom stereocenters. The second-order valence-corrected chi connectivity index (χ2v) is 6.12. The highest BCUT2D eigenvalue weighted by atomic mass is 35.5. The lowest BCUT2D eigenvalue weighted by Gasteiger charge is -2.15. The van der Waals surface area contributed by atoms with E-state index in [0.717, 1.165) is 18.5 Å². The number of carbonyl (C=O) groups excluding carboxylic acids is 1. The molecule has 0 saturated heterocycles. The molecule has 17 heavy (non-hydrogen) atoms. The molecule has 1 amide bonds. The maximum absolute atomic E-state index is 12.1. The van der Waals surface area contributed by atoms with Gasteiger partial charge in [0.25, 0.3) is 5.91 Å². The zero-order chi connectivity index (χ0) is 12.3. The maximum atomic E-state index is 12.1. The zero-order valence-corrected chi connectivity index (χ0v) is 11.5. The first-order valence-corrected chi connectivity index (χ1v) is 7.30. The molecule has 1 saturated carbocycles. The van der Waals surface area contributed by atoms with Crippen molar-refractivity contribution >= 4 is 28.8 Å². The van der Waals surface area contributed by atoms with Gasteiger partial charge in [0.15, 0.2) is 4.47 Å². The van der Waals surface area contributed by atoms with Gasteiger partial charge in [-0.05, 0) is 19.8 Å². The average Bonchev–Trinajstić information content (AvgIpc) is 2.51. The van der Waals surface area contributed by atoms with Crippen LogP contribution in [0.2, 0.25) is 4.47 Å². The van der Waals surface area contributed by atoms with Crippen molar-refractivity contribution < 1.29 is 4.79 Å². The van der Waals surface area contributed by atoms with E-state index < -0.39 is 0 Å². The largest absolute Gasteiger partial charge is 0.349 e. The molecule has 0 atom stereocenters. The van der Waals surface area contributed by atoms with Crippen molar-refractivity contribution in [3.63, 3.8) is 0 Å². The molecule has 0 aromatic carbocycles. The van der Waals surface area contributed by atoms with E-state index >= 15 is 0 Å². The Kier molecular flexibility index (Phi) is 4.40. The van der Waals surface area contributed by atoms with Crippen LogP contribution in [-0.4, -0.2) is 16.9 Å². The Morgan fingerprint density at radius 2 is 2.00 bits per heavy atom. The van der Waals surface area contributed by atoms with Crippen molar-refractivity contribution in [1.82, 2.24) is 10.3 Å². The Morgan fingerprint density at radius 3 is 2.53 bits per heavy atom. The van der Waals surface area contributed by atoms with Gasteiger partial charge >= 0.3 is 0 Å². The molecule has 1 aliphatic carbocycles. The minimum Gasteiger partial charge on any atom is -0.349 e. The standard InChI is InChI=1S/C12H17ClN2OS/c1-8-10(17-12(13)14-8)11(16)15-9-6-4-2-3-5-7-9/h9H,2-7H2,1H3,(H,15,16). The summed E-state index contributed by atoms with van der Waals surface area (Å²) in [5, 5.41) is 3.10. The van der Waals surface area contributed by atoms with Gasteiger partial charge < -0.3 is 5.32 Å². The maximum Gasteiger partial charge on any atom is 0.263 e. The third-order valence-corrected chi connectivity index (χ3v) is 4.43. The fraction of sp³-hybridized carbons (Fsp3) is 0.667. The minimum atomic E-state index is -0.0150. The number of rotatable bonds is 2. The molecule has 1 heterocycles. The van der Waals surface area contributed by atoms with Crippen LogP contribution in [0.3, 0.4) is 0 Å². The predicted octanol–water partition coefficient (Wildman–Crippen LogP) is 3.56. The van der Waals surface area contributed by atoms with Gasteiger partial charge in [0.1, 0.15) is 4.88 Å². The second kappa shape index (κ2) is 5.83. The van der Waals surface area contributed by atoms with E-state index in [1.54, 1.807) is 0 Å². The molecule has 0 spiro atoms. The molecule has 2 rings (SSSR count). The van der Waals surface area contributed by atoms with Crippen LogP contribution in [0.5, 0.6) is 0 Å². The summed E-state index contributed by atoms with van der Waals surface area (Å²) >= 11 is 7.06. The molecule has 1 aliphatic rings. The third-order valence-electron chi connectivity index (χ3n) is 3.17. The number of halogens is 1. The van der Waals surface area contributed by atoms with Crippen LogP contribution < -0.4 is 5.32 Å². The van der Waals surface area contributed by atoms with Crippen molar-refractivity contribution in [2.75, 3.05) is 0 Å². The Balaban J connectivity index is 1.98. The molecular weight excluding hydrogens is 256 g/mol. The van der Waals surface area contributed by atoms with Gasteiger partial charge in [0.2, 0.25) is 0 Å². The summed E-state index contributed by atoms with van der Waals surface area (Å²) in [7, 11) is 0. The summed E-state index contributed by atoms with van der Waals surface area (Å²) < 4.78 is 0.438. The van der Waals surface area contributed by atoms with Crippen LogP contribution >= 0.6 is 22.9 Å². The number of carbonyl (C=O) groups is 1. The summed E-state index contributed by atoms with van der Waals surface area (Å²) in [4.78, 5) is 16.8. The number of nitrogens with one attached hydrogen (secondary N) is 1. The van der Waals surface area contributed by atoms with Gasteiger partial charge in [-0.25, -0.2) is 4.98 Å². The highest BCUT2D eigenvalue weighted by molar-refractivity contribution is 7.17. The third kappa shape index (κ3) is 3.42. The summed E-state index contributed by atoms with van der Waals surface area (Å²) in [5.74, 6) is -0.0150. The predicted molar refractivity (Wildman–Crippen MR) is 70.8 cm³/mol. The van der Waals surface area contributed by atoms with E-state index in [2.05, 4.69) is 10.3 Å². The summed E-state index contributed by atoms with van der Waals surface area (Å²) in [5.41, 5.74) is 0.728. The Bertz CT molecular complexity index is 397. The SMILES string of the molecule is Cc1nc(Cl)sc1C(=O)NC1CCCCCC1. The number of hydrogen-bond acceptors (Lipinski definition) is 3. The van der Waals surface area contributed by atoms with Gasteiger partial charge in [-0.2, -0.15) is 0 Å². The highest BCUT2D eigenvalue weighted by Crippen LogP contribution is 2.23. The molecular formula is C12H17ClN2OS. The lowest BCUT2D eigenvalue weighted by Crippen LogP contribution is -2.34. The smallest absolute Gasteiger partial charge is 0.263 e. The van der Waals surface area contributed by atoms with Gasteiger partial charge in [-0.1, -0.05) is 48.6 Å². The molecule has 1 aromatic rings. The first kappa shape index (κ1) is 12.8.